The SMILES string of the molecule is CCN(CC)CC.CCN(CC)CC.CS(C)=O.O=C(OC(=O)C(F)(F)F)C(F)(F)F.[O]=[Cr](=[O])([O-])[O][Cr](=[O])(=[O])[O-].c1cc[nH+]cc1.c1cc[nH+]cc1. The molecule has 2 rings (SSSR count). The van der Waals surface area contributed by atoms with Crippen LogP contribution in [0.5, 0.6) is 0 Å². The third-order valence-corrected chi connectivity index (χ3v) is 7.38. The third-order valence-electron chi connectivity index (χ3n) is 4.71. The van der Waals surface area contributed by atoms with Gasteiger partial charge in [-0.15, -0.1) is 0 Å². The molecule has 0 radical (unpaired) electrons. The number of aromatic amines is 2. The second kappa shape index (κ2) is 34.0. The van der Waals surface area contributed by atoms with Crippen molar-refractivity contribution in [2.24, 2.45) is 0 Å². The number of hydrogen-bond acceptors (Lipinski definition) is 13. The maximum Gasteiger partial charge on any atom is 0.166 e. The number of pyridine rings is 2. The van der Waals surface area contributed by atoms with Crippen LogP contribution in [0.4, 0.5) is 26.3 Å². The van der Waals surface area contributed by atoms with Crippen molar-refractivity contribution in [3.05, 3.63) is 61.2 Å². The predicted molar refractivity (Wildman–Crippen MR) is 160 cm³/mol. The van der Waals surface area contributed by atoms with Gasteiger partial charge in [0.25, 0.3) is 0 Å². The molecule has 0 unspecified atom stereocenters. The van der Waals surface area contributed by atoms with Crippen LogP contribution in [0.2, 0.25) is 0 Å². The van der Waals surface area contributed by atoms with E-state index in [4.69, 9.17) is 0 Å². The van der Waals surface area contributed by atoms with E-state index in [1.807, 2.05) is 61.2 Å². The summed E-state index contributed by atoms with van der Waals surface area (Å²) in [6, 6.07) is 11.7. The molecule has 0 fully saturated rings. The first kappa shape index (κ1) is 58.5. The van der Waals surface area contributed by atoms with Gasteiger partial charge in [-0.2, -0.15) is 26.3 Å². The number of carbonyl (C=O) groups is 2. The van der Waals surface area contributed by atoms with Gasteiger partial charge in [-0.05, 0) is 39.3 Å². The standard InChI is InChI=1S/2C6H15N.2C5H5N.C4F6O3.C2H6OS.2Cr.7O/c2*1-4-7(5-2)6-3;2*1-2-4-6-5-3-1;5-3(6,7)1(11)13-2(12)4(8,9)10;1-4(2)3;;;;;;;;;/h2*4-6H2,1-3H3;2*1-5H;;1-2H3;;;;;;;;;/q;;;;;;;;;;;;;2*-1/p+2. The molecule has 0 spiro atoms. The largest absolute Gasteiger partial charge is 0.218 e. The van der Waals surface area contributed by atoms with Crippen LogP contribution in [0.15, 0.2) is 61.2 Å². The first-order valence-corrected chi connectivity index (χ1v) is 20.9. The third kappa shape index (κ3) is 54.0. The van der Waals surface area contributed by atoms with Gasteiger partial charge >= 0.3 is 77.9 Å². The van der Waals surface area contributed by atoms with Crippen LogP contribution >= 0.6 is 0 Å². The molecule has 0 atom stereocenters. The van der Waals surface area contributed by atoms with Crippen LogP contribution in [-0.2, 0) is 70.4 Å². The van der Waals surface area contributed by atoms with Crippen molar-refractivity contribution in [3.8, 4) is 0 Å². The molecule has 0 saturated heterocycles. The van der Waals surface area contributed by atoms with Crippen molar-refractivity contribution >= 4 is 22.7 Å². The number of esters is 2. The summed E-state index contributed by atoms with van der Waals surface area (Å²) in [4.78, 5) is 29.8. The Morgan fingerprint density at radius 2 is 0.808 bits per heavy atom. The van der Waals surface area contributed by atoms with Crippen molar-refractivity contribution in [1.29, 1.82) is 0 Å². The number of nitrogens with one attached hydrogen (secondary N) is 2. The minimum absolute atomic E-state index is 0.611. The summed E-state index contributed by atoms with van der Waals surface area (Å²) in [6.45, 7) is 20.2. The zero-order chi connectivity index (χ0) is 42.0. The molecule has 52 heavy (non-hydrogen) atoms. The summed E-state index contributed by atoms with van der Waals surface area (Å²) >= 11 is -12.1. The molecule has 2 aromatic rings. The Labute approximate surface area is 307 Å². The molecule has 0 aromatic carbocycles. The fraction of sp³-hybridized carbons (Fsp3) is 0.571. The van der Waals surface area contributed by atoms with Crippen molar-refractivity contribution in [2.75, 3.05) is 51.8 Å². The zero-order valence-corrected chi connectivity index (χ0v) is 33.3. The Kier molecular flexibility index (Phi) is 38.3. The number of ether oxygens (including phenoxy) is 1. The van der Waals surface area contributed by atoms with Gasteiger partial charge in [-0.1, -0.05) is 53.7 Å². The summed E-state index contributed by atoms with van der Waals surface area (Å²) in [7, 11) is -0.611. The van der Waals surface area contributed by atoms with E-state index in [2.05, 4.69) is 68.9 Å². The van der Waals surface area contributed by atoms with Crippen LogP contribution in [0.25, 0.3) is 0 Å². The number of alkyl halides is 6. The van der Waals surface area contributed by atoms with Gasteiger partial charge in [0.1, 0.15) is 0 Å². The summed E-state index contributed by atoms with van der Waals surface area (Å²) in [5.41, 5.74) is 0. The smallest absolute Gasteiger partial charge is 0.166 e. The van der Waals surface area contributed by atoms with Crippen LogP contribution < -0.4 is 18.3 Å². The normalized spacial score (nSPS) is 10.8. The number of nitrogens with zero attached hydrogens (tertiary/aromatic N) is 2. The molecular formula is C28H48Cr2F6N4O11S. The molecule has 0 aliphatic rings. The average molecular weight is 867 g/mol. The maximum atomic E-state index is 11.2. The molecule has 15 nitrogen and oxygen atoms in total. The predicted octanol–water partition coefficient (Wildman–Crippen LogP) is 1.95. The van der Waals surface area contributed by atoms with Crippen LogP contribution in [-0.4, -0.2) is 90.1 Å². The van der Waals surface area contributed by atoms with Gasteiger partial charge in [-0.3, -0.25) is 4.21 Å². The van der Waals surface area contributed by atoms with Crippen molar-refractivity contribution in [2.45, 2.75) is 53.9 Å². The summed E-state index contributed by atoms with van der Waals surface area (Å²) < 4.78 is 138. The topological polar surface area (TPSA) is 219 Å². The van der Waals surface area contributed by atoms with Crippen LogP contribution in [0.1, 0.15) is 41.5 Å². The maximum absolute atomic E-state index is 11.2. The van der Waals surface area contributed by atoms with E-state index in [0.717, 1.165) is 0 Å². The Bertz CT molecular complexity index is 1210. The number of carbonyl (C=O) groups excluding carboxylic acids is 2. The second-order valence-corrected chi connectivity index (χ2v) is 13.8. The van der Waals surface area contributed by atoms with Crippen molar-refractivity contribution in [3.63, 3.8) is 0 Å². The van der Waals surface area contributed by atoms with E-state index in [1.54, 1.807) is 12.5 Å². The van der Waals surface area contributed by atoms with E-state index < -0.39 is 62.3 Å². The van der Waals surface area contributed by atoms with E-state index in [1.165, 1.54) is 39.3 Å². The average Bonchev–Trinajstić information content (AvgIpc) is 3.03. The minimum atomic E-state index is -6.07. The second-order valence-electron chi connectivity index (χ2n) is 8.69. The first-order chi connectivity index (χ1) is 23.7. The number of halogens is 6. The Hall–Kier alpha value is -2.77. The number of hydrogen-bond donors (Lipinski definition) is 0. The quantitative estimate of drug-likeness (QED) is 0.211. The van der Waals surface area contributed by atoms with Gasteiger partial charge in [0.05, 0.1) is 0 Å². The zero-order valence-electron chi connectivity index (χ0n) is 29.9. The Balaban J connectivity index is -0.000000170. The van der Waals surface area contributed by atoms with Crippen molar-refractivity contribution < 1.29 is 108 Å². The summed E-state index contributed by atoms with van der Waals surface area (Å²) in [6.07, 6.45) is -0.470. The molecule has 0 saturated carbocycles. The van der Waals surface area contributed by atoms with Crippen LogP contribution in [0, 0.1) is 0 Å². The number of rotatable bonds is 8. The van der Waals surface area contributed by atoms with E-state index in [-0.39, 0.29) is 0 Å². The molecule has 24 heteroatoms. The van der Waals surface area contributed by atoms with E-state index in [9.17, 15) is 63.7 Å². The van der Waals surface area contributed by atoms with Crippen LogP contribution in [0.3, 0.4) is 0 Å². The fourth-order valence-electron chi connectivity index (χ4n) is 2.33. The fourth-order valence-corrected chi connectivity index (χ4v) is 3.96. The van der Waals surface area contributed by atoms with Gasteiger partial charge in [0.2, 0.25) is 0 Å². The molecule has 0 bridgehead atoms. The van der Waals surface area contributed by atoms with E-state index in [0.29, 0.717) is 0 Å². The van der Waals surface area contributed by atoms with E-state index >= 15 is 0 Å². The van der Waals surface area contributed by atoms with Gasteiger partial charge in [0, 0.05) is 47.6 Å². The van der Waals surface area contributed by atoms with Gasteiger partial charge in [0.15, 0.2) is 24.8 Å². The molecule has 0 amide bonds. The molecule has 2 heterocycles. The van der Waals surface area contributed by atoms with Crippen molar-refractivity contribution in [1.82, 2.24) is 9.80 Å². The molecule has 2 aromatic heterocycles. The number of H-pyrrole nitrogens is 2. The van der Waals surface area contributed by atoms with Gasteiger partial charge in [-0.25, -0.2) is 19.6 Å². The summed E-state index contributed by atoms with van der Waals surface area (Å²) in [5.74, 6) is -6.40. The minimum Gasteiger partial charge on any atom is -0.218 e. The van der Waals surface area contributed by atoms with Gasteiger partial charge < -0.3 is 14.5 Å². The molecule has 0 aliphatic carbocycles. The monoisotopic (exact) mass is 866 g/mol. The first-order valence-electron chi connectivity index (χ1n) is 14.7. The molecule has 2 N–H and O–H groups in total. The molecule has 0 aliphatic heterocycles. The Morgan fingerprint density at radius 1 is 0.596 bits per heavy atom. The molecule has 306 valence electrons. The number of aromatic nitrogens is 2. The Morgan fingerprint density at radius 3 is 0.865 bits per heavy atom. The molecular weight excluding hydrogens is 818 g/mol. The summed E-state index contributed by atoms with van der Waals surface area (Å²) in [5, 5.41) is 0.